The number of hydrogen-bond acceptors (Lipinski definition) is 0. The van der Waals surface area contributed by atoms with Gasteiger partial charge in [0.05, 0.1) is 0 Å². The van der Waals surface area contributed by atoms with Crippen molar-refractivity contribution in [3.8, 4) is 0 Å². The molecule has 2 aliphatic rings. The van der Waals surface area contributed by atoms with E-state index in [1.54, 1.807) is 16.7 Å². The first-order valence-corrected chi connectivity index (χ1v) is 7.78. The van der Waals surface area contributed by atoms with Crippen molar-refractivity contribution in [1.82, 2.24) is 0 Å². The summed E-state index contributed by atoms with van der Waals surface area (Å²) >= 11 is 0. The third kappa shape index (κ3) is 2.10. The summed E-state index contributed by atoms with van der Waals surface area (Å²) in [5.74, 6) is 0.621. The molecule has 0 heteroatoms. The van der Waals surface area contributed by atoms with Crippen LogP contribution in [0.25, 0.3) is 6.08 Å². The molecule has 0 radical (unpaired) electrons. The normalized spacial score (nSPS) is 19.1. The van der Waals surface area contributed by atoms with Crippen LogP contribution in [0.2, 0.25) is 0 Å². The lowest BCUT2D eigenvalue weighted by Crippen LogP contribution is -1.98. The van der Waals surface area contributed by atoms with E-state index in [9.17, 15) is 0 Å². The molecule has 20 heavy (non-hydrogen) atoms. The van der Waals surface area contributed by atoms with Crippen LogP contribution in [0, 0.1) is 0 Å². The van der Waals surface area contributed by atoms with E-state index >= 15 is 0 Å². The lowest BCUT2D eigenvalue weighted by molar-refractivity contribution is 0.744. The molecule has 0 spiro atoms. The van der Waals surface area contributed by atoms with Crippen LogP contribution in [0.5, 0.6) is 0 Å². The average molecular weight is 260 g/mol. The fourth-order valence-electron chi connectivity index (χ4n) is 3.67. The summed E-state index contributed by atoms with van der Waals surface area (Å²) in [6, 6.07) is 15.8. The first-order valence-electron chi connectivity index (χ1n) is 7.78. The number of hydrogen-bond donors (Lipinski definition) is 0. The van der Waals surface area contributed by atoms with E-state index in [2.05, 4.69) is 54.6 Å². The molecule has 0 aliphatic heterocycles. The van der Waals surface area contributed by atoms with Gasteiger partial charge in [-0.3, -0.25) is 0 Å². The van der Waals surface area contributed by atoms with Gasteiger partial charge in [0.1, 0.15) is 0 Å². The molecule has 2 aliphatic carbocycles. The maximum Gasteiger partial charge on any atom is 0.00305 e. The molecule has 1 unspecified atom stereocenters. The predicted octanol–water partition coefficient (Wildman–Crippen LogP) is 4.92. The summed E-state index contributed by atoms with van der Waals surface area (Å²) in [6.45, 7) is 0. The Labute approximate surface area is 121 Å². The molecule has 2 aromatic carbocycles. The minimum absolute atomic E-state index is 0.621. The Morgan fingerprint density at radius 2 is 1.75 bits per heavy atom. The zero-order chi connectivity index (χ0) is 13.4. The van der Waals surface area contributed by atoms with Crippen molar-refractivity contribution >= 4 is 6.08 Å². The van der Waals surface area contributed by atoms with Crippen molar-refractivity contribution in [3.63, 3.8) is 0 Å². The number of fused-ring (bicyclic) bond motifs is 2. The third-order valence-electron chi connectivity index (χ3n) is 4.79. The molecule has 1 atom stereocenters. The molecule has 2 aromatic rings. The maximum absolute atomic E-state index is 2.49. The van der Waals surface area contributed by atoms with Crippen molar-refractivity contribution in [2.24, 2.45) is 0 Å². The van der Waals surface area contributed by atoms with E-state index < -0.39 is 0 Å². The second-order valence-corrected chi connectivity index (χ2v) is 6.09. The summed E-state index contributed by atoms with van der Waals surface area (Å²) in [4.78, 5) is 0. The minimum atomic E-state index is 0.621. The van der Waals surface area contributed by atoms with Crippen LogP contribution < -0.4 is 0 Å². The molecular weight excluding hydrogens is 240 g/mol. The van der Waals surface area contributed by atoms with Crippen molar-refractivity contribution in [1.29, 1.82) is 0 Å². The second kappa shape index (κ2) is 4.94. The van der Waals surface area contributed by atoms with Crippen LogP contribution in [0.3, 0.4) is 0 Å². The molecule has 0 saturated heterocycles. The Hall–Kier alpha value is -1.82. The van der Waals surface area contributed by atoms with Gasteiger partial charge in [-0.1, -0.05) is 54.6 Å². The number of rotatable bonds is 3. The highest BCUT2D eigenvalue weighted by atomic mass is 14.3. The first kappa shape index (κ1) is 12.0. The lowest BCUT2D eigenvalue weighted by Gasteiger charge is -2.13. The van der Waals surface area contributed by atoms with Crippen molar-refractivity contribution in [3.05, 3.63) is 76.4 Å². The van der Waals surface area contributed by atoms with Gasteiger partial charge < -0.3 is 0 Å². The van der Waals surface area contributed by atoms with Crippen molar-refractivity contribution in [2.75, 3.05) is 0 Å². The molecule has 0 nitrogen and oxygen atoms in total. The molecule has 0 aromatic heterocycles. The fourth-order valence-corrected chi connectivity index (χ4v) is 3.67. The minimum Gasteiger partial charge on any atom is -0.0764 e. The first-order chi connectivity index (χ1) is 9.90. The highest BCUT2D eigenvalue weighted by Gasteiger charge is 2.21. The highest BCUT2D eigenvalue weighted by Crippen LogP contribution is 2.37. The maximum atomic E-state index is 2.49. The van der Waals surface area contributed by atoms with E-state index in [-0.39, 0.29) is 0 Å². The molecule has 0 amide bonds. The SMILES string of the molecule is C1=CC(CCc2ccccc2)c2cc3c(cc21)CCC3. The van der Waals surface area contributed by atoms with Crippen LogP contribution >= 0.6 is 0 Å². The van der Waals surface area contributed by atoms with Gasteiger partial charge in [-0.2, -0.15) is 0 Å². The lowest BCUT2D eigenvalue weighted by atomic mass is 9.91. The van der Waals surface area contributed by atoms with Gasteiger partial charge in [-0.05, 0) is 59.9 Å². The van der Waals surface area contributed by atoms with Gasteiger partial charge in [0.25, 0.3) is 0 Å². The molecule has 0 N–H and O–H groups in total. The fraction of sp³-hybridized carbons (Fsp3) is 0.300. The van der Waals surface area contributed by atoms with E-state index in [1.165, 1.54) is 43.2 Å². The summed E-state index contributed by atoms with van der Waals surface area (Å²) in [5.41, 5.74) is 7.70. The average Bonchev–Trinajstić information content (AvgIpc) is 3.10. The van der Waals surface area contributed by atoms with Gasteiger partial charge in [-0.15, -0.1) is 0 Å². The monoisotopic (exact) mass is 260 g/mol. The van der Waals surface area contributed by atoms with Crippen LogP contribution in [-0.4, -0.2) is 0 Å². The molecular formula is C20H20. The number of aryl methyl sites for hydroxylation is 3. The molecule has 4 rings (SSSR count). The predicted molar refractivity (Wildman–Crippen MR) is 85.0 cm³/mol. The molecule has 0 bridgehead atoms. The zero-order valence-electron chi connectivity index (χ0n) is 11.8. The van der Waals surface area contributed by atoms with Crippen LogP contribution in [0.4, 0.5) is 0 Å². The Bertz CT molecular complexity index is 649. The summed E-state index contributed by atoms with van der Waals surface area (Å²) in [7, 11) is 0. The highest BCUT2D eigenvalue weighted by molar-refractivity contribution is 5.64. The molecule has 0 heterocycles. The molecule has 0 fully saturated rings. The standard InChI is InChI=1S/C20H20/c1-2-5-15(6-3-1)9-10-16-11-12-19-13-17-7-4-8-18(17)14-20(16)19/h1-3,5-6,11-14,16H,4,7-10H2. The van der Waals surface area contributed by atoms with Crippen LogP contribution in [0.15, 0.2) is 48.5 Å². The van der Waals surface area contributed by atoms with Gasteiger partial charge in [-0.25, -0.2) is 0 Å². The molecule has 0 saturated carbocycles. The van der Waals surface area contributed by atoms with E-state index in [0.717, 1.165) is 0 Å². The van der Waals surface area contributed by atoms with E-state index in [1.807, 2.05) is 0 Å². The van der Waals surface area contributed by atoms with Gasteiger partial charge in [0.2, 0.25) is 0 Å². The van der Waals surface area contributed by atoms with E-state index in [4.69, 9.17) is 0 Å². The largest absolute Gasteiger partial charge is 0.0764 e. The topological polar surface area (TPSA) is 0 Å². The van der Waals surface area contributed by atoms with Crippen LogP contribution in [-0.2, 0) is 19.3 Å². The summed E-state index contributed by atoms with van der Waals surface area (Å²) in [6.07, 6.45) is 11.1. The number of allylic oxidation sites excluding steroid dienone is 1. The smallest absolute Gasteiger partial charge is 0.00305 e. The Morgan fingerprint density at radius 1 is 0.950 bits per heavy atom. The third-order valence-corrected chi connectivity index (χ3v) is 4.79. The Kier molecular flexibility index (Phi) is 2.95. The van der Waals surface area contributed by atoms with Crippen LogP contribution in [0.1, 0.15) is 46.6 Å². The zero-order valence-corrected chi connectivity index (χ0v) is 11.8. The van der Waals surface area contributed by atoms with E-state index in [0.29, 0.717) is 5.92 Å². The van der Waals surface area contributed by atoms with Crippen molar-refractivity contribution in [2.45, 2.75) is 38.0 Å². The van der Waals surface area contributed by atoms with Gasteiger partial charge >= 0.3 is 0 Å². The number of benzene rings is 2. The molecule has 100 valence electrons. The van der Waals surface area contributed by atoms with Gasteiger partial charge in [0, 0.05) is 5.92 Å². The van der Waals surface area contributed by atoms with Gasteiger partial charge in [0.15, 0.2) is 0 Å². The Morgan fingerprint density at radius 3 is 2.60 bits per heavy atom. The summed E-state index contributed by atoms with van der Waals surface area (Å²) in [5, 5.41) is 0. The quantitative estimate of drug-likeness (QED) is 0.735. The van der Waals surface area contributed by atoms with Crippen molar-refractivity contribution < 1.29 is 0 Å². The summed E-state index contributed by atoms with van der Waals surface area (Å²) < 4.78 is 0. The Balaban J connectivity index is 1.54. The second-order valence-electron chi connectivity index (χ2n) is 6.09.